The van der Waals surface area contributed by atoms with Crippen molar-refractivity contribution in [1.82, 2.24) is 25.8 Å². The van der Waals surface area contributed by atoms with E-state index in [1.807, 2.05) is 12.1 Å². The molecule has 29 heavy (non-hydrogen) atoms. The summed E-state index contributed by atoms with van der Waals surface area (Å²) in [5.74, 6) is 3.22. The molecule has 0 radical (unpaired) electrons. The smallest absolute Gasteiger partial charge is 0.216 e. The van der Waals surface area contributed by atoms with Crippen LogP contribution in [0.3, 0.4) is 0 Å². The summed E-state index contributed by atoms with van der Waals surface area (Å²) < 4.78 is 5.32. The SMILES string of the molecule is CCNC(=NCC(C)c1ccc(C)cc1)NCCc1nc(-c2ccco2)n[nH]1.I. The van der Waals surface area contributed by atoms with Gasteiger partial charge in [-0.1, -0.05) is 36.8 Å². The molecule has 7 nitrogen and oxygen atoms in total. The maximum absolute atomic E-state index is 5.32. The fraction of sp³-hybridized carbons (Fsp3) is 0.381. The molecule has 0 saturated heterocycles. The monoisotopic (exact) mass is 508 g/mol. The summed E-state index contributed by atoms with van der Waals surface area (Å²) >= 11 is 0. The molecule has 3 N–H and O–H groups in total. The van der Waals surface area contributed by atoms with Gasteiger partial charge < -0.3 is 15.1 Å². The van der Waals surface area contributed by atoms with Crippen LogP contribution in [0.1, 0.15) is 36.7 Å². The first kappa shape index (κ1) is 22.9. The summed E-state index contributed by atoms with van der Waals surface area (Å²) in [6, 6.07) is 12.3. The molecule has 2 heterocycles. The second-order valence-electron chi connectivity index (χ2n) is 6.79. The lowest BCUT2D eigenvalue weighted by molar-refractivity contribution is 0.577. The molecule has 2 aromatic heterocycles. The number of aryl methyl sites for hydroxylation is 1. The lowest BCUT2D eigenvalue weighted by Crippen LogP contribution is -2.38. The minimum absolute atomic E-state index is 0. The molecule has 0 saturated carbocycles. The Morgan fingerprint density at radius 1 is 1.21 bits per heavy atom. The van der Waals surface area contributed by atoms with Crippen LogP contribution in [-0.4, -0.2) is 40.8 Å². The van der Waals surface area contributed by atoms with Gasteiger partial charge in [-0.3, -0.25) is 10.1 Å². The Hall–Kier alpha value is -2.36. The zero-order valence-electron chi connectivity index (χ0n) is 17.1. The normalized spacial score (nSPS) is 12.3. The number of nitrogens with zero attached hydrogens (tertiary/aromatic N) is 3. The topological polar surface area (TPSA) is 91.1 Å². The van der Waals surface area contributed by atoms with Crippen molar-refractivity contribution in [3.8, 4) is 11.6 Å². The zero-order chi connectivity index (χ0) is 19.8. The minimum Gasteiger partial charge on any atom is -0.461 e. The Morgan fingerprint density at radius 2 is 2.00 bits per heavy atom. The molecule has 0 fully saturated rings. The molecule has 3 rings (SSSR count). The standard InChI is InChI=1S/C21H28N6O.HI/c1-4-22-21(24-14-16(3)17-9-7-15(2)8-10-17)23-12-11-19-25-20(27-26-19)18-6-5-13-28-18;/h5-10,13,16H,4,11-12,14H2,1-3H3,(H2,22,23,24)(H,25,26,27);1H. The van der Waals surface area contributed by atoms with Crippen molar-refractivity contribution >= 4 is 29.9 Å². The first-order valence-electron chi connectivity index (χ1n) is 9.69. The highest BCUT2D eigenvalue weighted by molar-refractivity contribution is 14.0. The van der Waals surface area contributed by atoms with Crippen molar-refractivity contribution in [2.75, 3.05) is 19.6 Å². The van der Waals surface area contributed by atoms with Gasteiger partial charge in [-0.2, -0.15) is 5.10 Å². The molecule has 0 aliphatic heterocycles. The van der Waals surface area contributed by atoms with Crippen molar-refractivity contribution in [2.45, 2.75) is 33.1 Å². The maximum atomic E-state index is 5.32. The van der Waals surface area contributed by atoms with Gasteiger partial charge in [-0.05, 0) is 31.5 Å². The van der Waals surface area contributed by atoms with Crippen molar-refractivity contribution in [2.24, 2.45) is 4.99 Å². The van der Waals surface area contributed by atoms with Gasteiger partial charge in [0.2, 0.25) is 5.82 Å². The van der Waals surface area contributed by atoms with Gasteiger partial charge in [0, 0.05) is 32.0 Å². The number of H-pyrrole nitrogens is 1. The largest absolute Gasteiger partial charge is 0.461 e. The quantitative estimate of drug-likeness (QED) is 0.244. The van der Waals surface area contributed by atoms with Crippen LogP contribution in [0.25, 0.3) is 11.6 Å². The number of aromatic nitrogens is 3. The number of hydrogen-bond donors (Lipinski definition) is 3. The predicted molar refractivity (Wildman–Crippen MR) is 127 cm³/mol. The van der Waals surface area contributed by atoms with Crippen LogP contribution in [0.4, 0.5) is 0 Å². The Labute approximate surface area is 188 Å². The van der Waals surface area contributed by atoms with E-state index in [1.54, 1.807) is 6.26 Å². The highest BCUT2D eigenvalue weighted by Gasteiger charge is 2.09. The fourth-order valence-corrected chi connectivity index (χ4v) is 2.79. The van der Waals surface area contributed by atoms with E-state index >= 15 is 0 Å². The van der Waals surface area contributed by atoms with Gasteiger partial charge in [0.15, 0.2) is 11.7 Å². The number of nitrogens with one attached hydrogen (secondary N) is 3. The third kappa shape index (κ3) is 6.88. The van der Waals surface area contributed by atoms with Crippen LogP contribution in [0.2, 0.25) is 0 Å². The van der Waals surface area contributed by atoms with Crippen molar-refractivity contribution < 1.29 is 4.42 Å². The van der Waals surface area contributed by atoms with E-state index in [0.29, 0.717) is 30.5 Å². The van der Waals surface area contributed by atoms with E-state index in [-0.39, 0.29) is 24.0 Å². The van der Waals surface area contributed by atoms with Gasteiger partial charge in [-0.25, -0.2) is 4.98 Å². The van der Waals surface area contributed by atoms with Crippen LogP contribution >= 0.6 is 24.0 Å². The number of guanidine groups is 1. The third-order valence-corrected chi connectivity index (χ3v) is 4.44. The van der Waals surface area contributed by atoms with Crippen LogP contribution in [-0.2, 0) is 6.42 Å². The highest BCUT2D eigenvalue weighted by Crippen LogP contribution is 2.16. The average molecular weight is 508 g/mol. The number of rotatable bonds is 8. The molecule has 1 unspecified atom stereocenters. The van der Waals surface area contributed by atoms with E-state index in [0.717, 1.165) is 24.9 Å². The summed E-state index contributed by atoms with van der Waals surface area (Å²) in [6.07, 6.45) is 2.33. The minimum atomic E-state index is 0. The summed E-state index contributed by atoms with van der Waals surface area (Å²) in [4.78, 5) is 9.18. The summed E-state index contributed by atoms with van der Waals surface area (Å²) in [6.45, 7) is 8.61. The first-order valence-corrected chi connectivity index (χ1v) is 9.69. The molecule has 0 amide bonds. The maximum Gasteiger partial charge on any atom is 0.216 e. The second-order valence-corrected chi connectivity index (χ2v) is 6.79. The van der Waals surface area contributed by atoms with Crippen LogP contribution in [0.5, 0.6) is 0 Å². The average Bonchev–Trinajstić information content (AvgIpc) is 3.38. The van der Waals surface area contributed by atoms with E-state index in [1.165, 1.54) is 11.1 Å². The van der Waals surface area contributed by atoms with E-state index < -0.39 is 0 Å². The van der Waals surface area contributed by atoms with Gasteiger partial charge in [-0.15, -0.1) is 24.0 Å². The molecule has 8 heteroatoms. The second kappa shape index (κ2) is 11.6. The molecule has 0 spiro atoms. The highest BCUT2D eigenvalue weighted by atomic mass is 127. The summed E-state index contributed by atoms with van der Waals surface area (Å²) in [7, 11) is 0. The molecule has 0 bridgehead atoms. The molecule has 1 atom stereocenters. The molecular weight excluding hydrogens is 479 g/mol. The molecule has 156 valence electrons. The van der Waals surface area contributed by atoms with Gasteiger partial charge in [0.05, 0.1) is 6.26 Å². The van der Waals surface area contributed by atoms with Gasteiger partial charge in [0.1, 0.15) is 5.82 Å². The lowest BCUT2D eigenvalue weighted by Gasteiger charge is -2.13. The molecular formula is C21H29IN6O. The number of benzene rings is 1. The van der Waals surface area contributed by atoms with Crippen molar-refractivity contribution in [3.05, 3.63) is 59.6 Å². The van der Waals surface area contributed by atoms with Crippen molar-refractivity contribution in [3.63, 3.8) is 0 Å². The zero-order valence-corrected chi connectivity index (χ0v) is 19.4. The molecule has 0 aliphatic carbocycles. The van der Waals surface area contributed by atoms with Crippen LogP contribution in [0, 0.1) is 6.92 Å². The fourth-order valence-electron chi connectivity index (χ4n) is 2.79. The molecule has 3 aromatic rings. The molecule has 1 aromatic carbocycles. The Kier molecular flexibility index (Phi) is 9.17. The Morgan fingerprint density at radius 3 is 2.69 bits per heavy atom. The summed E-state index contributed by atoms with van der Waals surface area (Å²) in [5.41, 5.74) is 2.58. The number of hydrogen-bond acceptors (Lipinski definition) is 4. The van der Waals surface area contributed by atoms with E-state index in [9.17, 15) is 0 Å². The number of aromatic amines is 1. The van der Waals surface area contributed by atoms with Crippen LogP contribution in [0.15, 0.2) is 52.1 Å². The Balaban J connectivity index is 0.00000300. The van der Waals surface area contributed by atoms with Crippen molar-refractivity contribution in [1.29, 1.82) is 0 Å². The molecule has 0 aliphatic rings. The predicted octanol–water partition coefficient (Wildman–Crippen LogP) is 3.89. The van der Waals surface area contributed by atoms with Gasteiger partial charge >= 0.3 is 0 Å². The first-order chi connectivity index (χ1) is 13.7. The lowest BCUT2D eigenvalue weighted by atomic mass is 10.0. The Bertz CT molecular complexity index is 873. The van der Waals surface area contributed by atoms with E-state index in [2.05, 4.69) is 70.9 Å². The number of furan rings is 1. The third-order valence-electron chi connectivity index (χ3n) is 4.44. The van der Waals surface area contributed by atoms with Crippen LogP contribution < -0.4 is 10.6 Å². The number of halogens is 1. The summed E-state index contributed by atoms with van der Waals surface area (Å²) in [5, 5.41) is 13.8. The number of aliphatic imine (C=N–C) groups is 1. The van der Waals surface area contributed by atoms with Gasteiger partial charge in [0.25, 0.3) is 0 Å². The van der Waals surface area contributed by atoms with E-state index in [4.69, 9.17) is 9.41 Å².